The zero-order valence-corrected chi connectivity index (χ0v) is 7.54. The Kier molecular flexibility index (Phi) is 3.85. The van der Waals surface area contributed by atoms with Crippen molar-refractivity contribution in [2.45, 2.75) is 13.3 Å². The van der Waals surface area contributed by atoms with Crippen LogP contribution in [0.1, 0.15) is 13.3 Å². The van der Waals surface area contributed by atoms with Crippen LogP contribution in [0, 0.1) is 5.92 Å². The molecule has 0 spiro atoms. The van der Waals surface area contributed by atoms with E-state index >= 15 is 0 Å². The van der Waals surface area contributed by atoms with Crippen LogP contribution in [-0.4, -0.2) is 31.4 Å². The molecule has 0 aromatic rings. The van der Waals surface area contributed by atoms with E-state index in [2.05, 4.69) is 15.1 Å². The summed E-state index contributed by atoms with van der Waals surface area (Å²) in [4.78, 5) is 31.2. The maximum atomic E-state index is 11.2. The van der Waals surface area contributed by atoms with E-state index < -0.39 is 0 Å². The van der Waals surface area contributed by atoms with Crippen molar-refractivity contribution in [1.29, 1.82) is 0 Å². The van der Waals surface area contributed by atoms with Gasteiger partial charge >= 0.3 is 0 Å². The zero-order valence-electron chi connectivity index (χ0n) is 7.54. The fourth-order valence-corrected chi connectivity index (χ4v) is 0.915. The highest BCUT2D eigenvalue weighted by Gasteiger charge is 2.24. The van der Waals surface area contributed by atoms with Crippen molar-refractivity contribution in [2.24, 2.45) is 5.92 Å². The molecule has 5 heteroatoms. The summed E-state index contributed by atoms with van der Waals surface area (Å²) in [6.45, 7) is 2.40. The van der Waals surface area contributed by atoms with Gasteiger partial charge in [-0.05, 0) is 0 Å². The molecule has 0 saturated carbocycles. The highest BCUT2D eigenvalue weighted by Crippen LogP contribution is 2.07. The molecule has 13 heavy (non-hydrogen) atoms. The Hall–Kier alpha value is -0.940. The Bertz CT molecular complexity index is 198. The Morgan fingerprint density at radius 3 is 2.54 bits per heavy atom. The fraction of sp³-hybridized carbons (Fsp3) is 0.750. The molecule has 1 aliphatic heterocycles. The number of carbonyl (C=O) groups excluding carboxylic acids is 2. The minimum atomic E-state index is -0.273. The van der Waals surface area contributed by atoms with Gasteiger partial charge in [0, 0.05) is 6.42 Å². The number of ketones is 1. The van der Waals surface area contributed by atoms with Crippen molar-refractivity contribution in [3.05, 3.63) is 0 Å². The number of hydrogen-bond acceptors (Lipinski definition) is 4. The summed E-state index contributed by atoms with van der Waals surface area (Å²) in [5.41, 5.74) is 0. The van der Waals surface area contributed by atoms with Gasteiger partial charge in [0.1, 0.15) is 0 Å². The third-order valence-corrected chi connectivity index (χ3v) is 1.85. The molecule has 0 aromatic carbocycles. The molecule has 1 fully saturated rings. The van der Waals surface area contributed by atoms with E-state index in [4.69, 9.17) is 0 Å². The van der Waals surface area contributed by atoms with E-state index in [1.165, 1.54) is 0 Å². The number of nitrogens with one attached hydrogen (secondary N) is 1. The number of amides is 1. The van der Waals surface area contributed by atoms with Gasteiger partial charge in [-0.25, -0.2) is 9.78 Å². The Balaban J connectivity index is 2.20. The van der Waals surface area contributed by atoms with Gasteiger partial charge in [-0.2, -0.15) is 0 Å². The summed E-state index contributed by atoms with van der Waals surface area (Å²) >= 11 is 0. The summed E-state index contributed by atoms with van der Waals surface area (Å²) < 4.78 is 0. The first-order valence-corrected chi connectivity index (χ1v) is 4.28. The quantitative estimate of drug-likeness (QED) is 0.611. The fourth-order valence-electron chi connectivity index (χ4n) is 0.915. The van der Waals surface area contributed by atoms with Crippen LogP contribution in [-0.2, 0) is 19.4 Å². The van der Waals surface area contributed by atoms with Gasteiger partial charge < -0.3 is 5.32 Å². The van der Waals surface area contributed by atoms with Crippen molar-refractivity contribution in [3.63, 3.8) is 0 Å². The topological polar surface area (TPSA) is 64.6 Å². The highest BCUT2D eigenvalue weighted by molar-refractivity contribution is 5.86. The molecule has 1 N–H and O–H groups in total. The van der Waals surface area contributed by atoms with Gasteiger partial charge in [0.2, 0.25) is 5.91 Å². The first kappa shape index (κ1) is 10.1. The van der Waals surface area contributed by atoms with E-state index in [-0.39, 0.29) is 37.4 Å². The number of Topliss-reactive ketones (excluding diaryl/α,β-unsaturated/α-hetero) is 1. The molecule has 1 rings (SSSR count). The molecule has 74 valence electrons. The van der Waals surface area contributed by atoms with Crippen molar-refractivity contribution < 1.29 is 19.4 Å². The van der Waals surface area contributed by atoms with Gasteiger partial charge in [-0.1, -0.05) is 6.92 Å². The summed E-state index contributed by atoms with van der Waals surface area (Å²) in [7, 11) is 0. The molecule has 1 saturated heterocycles. The van der Waals surface area contributed by atoms with Crippen molar-refractivity contribution in [3.8, 4) is 0 Å². The number of rotatable bonds is 4. The summed E-state index contributed by atoms with van der Waals surface area (Å²) in [6, 6.07) is 0. The molecule has 0 aromatic heterocycles. The standard InChI is InChI=1S/C8H13NO4/c1-2-7(10)3-9-8(11)6-4-12-13-5-6/h6H,2-5H2,1H3,(H,9,11). The van der Waals surface area contributed by atoms with Crippen molar-refractivity contribution in [1.82, 2.24) is 5.32 Å². The van der Waals surface area contributed by atoms with E-state index in [9.17, 15) is 9.59 Å². The van der Waals surface area contributed by atoms with Crippen LogP contribution < -0.4 is 5.32 Å². The lowest BCUT2D eigenvalue weighted by Crippen LogP contribution is -2.35. The lowest BCUT2D eigenvalue weighted by atomic mass is 10.1. The molecule has 0 bridgehead atoms. The molecular weight excluding hydrogens is 174 g/mol. The van der Waals surface area contributed by atoms with Gasteiger partial charge in [0.25, 0.3) is 0 Å². The van der Waals surface area contributed by atoms with Crippen LogP contribution in [0.3, 0.4) is 0 Å². The highest BCUT2D eigenvalue weighted by atomic mass is 17.2. The van der Waals surface area contributed by atoms with E-state index in [0.29, 0.717) is 6.42 Å². The third kappa shape index (κ3) is 3.12. The second kappa shape index (κ2) is 4.94. The largest absolute Gasteiger partial charge is 0.349 e. The van der Waals surface area contributed by atoms with E-state index in [0.717, 1.165) is 0 Å². The van der Waals surface area contributed by atoms with Gasteiger partial charge in [0.15, 0.2) is 5.78 Å². The zero-order chi connectivity index (χ0) is 9.68. The monoisotopic (exact) mass is 187 g/mol. The second-order valence-electron chi connectivity index (χ2n) is 2.88. The minimum Gasteiger partial charge on any atom is -0.349 e. The Labute approximate surface area is 76.3 Å². The normalized spacial score (nSPS) is 17.3. The maximum absolute atomic E-state index is 11.2. The SMILES string of the molecule is CCC(=O)CNC(=O)C1COOC1. The maximum Gasteiger partial charge on any atom is 0.228 e. The van der Waals surface area contributed by atoms with Crippen LogP contribution in [0.4, 0.5) is 0 Å². The average Bonchev–Trinajstić information content (AvgIpc) is 2.66. The van der Waals surface area contributed by atoms with E-state index in [1.54, 1.807) is 6.92 Å². The second-order valence-corrected chi connectivity index (χ2v) is 2.88. The summed E-state index contributed by atoms with van der Waals surface area (Å²) in [5, 5.41) is 2.53. The molecule has 5 nitrogen and oxygen atoms in total. The molecular formula is C8H13NO4. The number of hydrogen-bond donors (Lipinski definition) is 1. The van der Waals surface area contributed by atoms with Gasteiger partial charge in [-0.3, -0.25) is 9.59 Å². The smallest absolute Gasteiger partial charge is 0.228 e. The van der Waals surface area contributed by atoms with E-state index in [1.807, 2.05) is 0 Å². The van der Waals surface area contributed by atoms with Crippen molar-refractivity contribution in [2.75, 3.05) is 19.8 Å². The first-order valence-electron chi connectivity index (χ1n) is 4.28. The van der Waals surface area contributed by atoms with Crippen LogP contribution >= 0.6 is 0 Å². The third-order valence-electron chi connectivity index (χ3n) is 1.85. The molecule has 0 unspecified atom stereocenters. The van der Waals surface area contributed by atoms with Gasteiger partial charge in [-0.15, -0.1) is 0 Å². The molecule has 0 atom stereocenters. The molecule has 1 aliphatic rings. The van der Waals surface area contributed by atoms with Crippen LogP contribution in [0.25, 0.3) is 0 Å². The van der Waals surface area contributed by atoms with Gasteiger partial charge in [0.05, 0.1) is 25.7 Å². The summed E-state index contributed by atoms with van der Waals surface area (Å²) in [5.74, 6) is -0.433. The van der Waals surface area contributed by atoms with Crippen LogP contribution in [0.15, 0.2) is 0 Å². The molecule has 1 heterocycles. The lowest BCUT2D eigenvalue weighted by Gasteiger charge is -2.05. The molecule has 1 amide bonds. The minimum absolute atomic E-state index is 0.0215. The predicted octanol–water partition coefficient (Wildman–Crippen LogP) is -0.340. The molecule has 0 aliphatic carbocycles. The average molecular weight is 187 g/mol. The Morgan fingerprint density at radius 2 is 2.00 bits per heavy atom. The predicted molar refractivity (Wildman–Crippen MR) is 43.7 cm³/mol. The molecule has 0 radical (unpaired) electrons. The first-order chi connectivity index (χ1) is 6.24. The van der Waals surface area contributed by atoms with Crippen LogP contribution in [0.2, 0.25) is 0 Å². The van der Waals surface area contributed by atoms with Crippen LogP contribution in [0.5, 0.6) is 0 Å². The number of carbonyl (C=O) groups is 2. The van der Waals surface area contributed by atoms with Crippen molar-refractivity contribution >= 4 is 11.7 Å². The Morgan fingerprint density at radius 1 is 1.38 bits per heavy atom. The lowest BCUT2D eigenvalue weighted by molar-refractivity contribution is -0.248. The summed E-state index contributed by atoms with van der Waals surface area (Å²) in [6.07, 6.45) is 0.442.